The molecule has 15 heteroatoms. The van der Waals surface area contributed by atoms with Crippen LogP contribution >= 0.6 is 0 Å². The maximum absolute atomic E-state index is 14.4. The number of benzene rings is 6. The van der Waals surface area contributed by atoms with Gasteiger partial charge >= 0.3 is 30.8 Å². The molecule has 14 nitrogen and oxygen atoms in total. The van der Waals surface area contributed by atoms with E-state index in [1.165, 1.54) is 31.1 Å². The van der Waals surface area contributed by atoms with Crippen molar-refractivity contribution in [1.29, 1.82) is 0 Å². The number of carboxylic acid groups (broad SMARTS) is 1. The normalized spacial score (nSPS) is 24.2. The molecule has 6 aliphatic rings. The first-order chi connectivity index (χ1) is 38.7. The van der Waals surface area contributed by atoms with Crippen LogP contribution in [0.25, 0.3) is 0 Å². The van der Waals surface area contributed by atoms with E-state index in [1.807, 2.05) is 126 Å². The Balaban J connectivity index is 0.000000228. The van der Waals surface area contributed by atoms with Gasteiger partial charge in [0.25, 0.3) is 0 Å². The molecule has 2 amide bonds. The predicted molar refractivity (Wildman–Crippen MR) is 319 cm³/mol. The van der Waals surface area contributed by atoms with Gasteiger partial charge in [0.2, 0.25) is 11.8 Å². The Kier molecular flexibility index (Phi) is 23.1. The van der Waals surface area contributed by atoms with E-state index in [0.29, 0.717) is 49.9 Å². The van der Waals surface area contributed by atoms with Crippen LogP contribution in [0.3, 0.4) is 0 Å². The third-order valence-corrected chi connectivity index (χ3v) is 18.1. The summed E-state index contributed by atoms with van der Waals surface area (Å²) in [5.74, 6) is -1.13. The first kappa shape index (κ1) is 64.1. The molecule has 0 radical (unpaired) electrons. The fourth-order valence-corrected chi connectivity index (χ4v) is 14.5. The molecule has 6 fully saturated rings. The van der Waals surface area contributed by atoms with Gasteiger partial charge in [0, 0.05) is 76.5 Å². The third-order valence-electron chi connectivity index (χ3n) is 18.1. The molecule has 83 heavy (non-hydrogen) atoms. The van der Waals surface area contributed by atoms with Crippen LogP contribution in [0.15, 0.2) is 182 Å². The number of amides is 2. The van der Waals surface area contributed by atoms with Gasteiger partial charge in [-0.15, -0.1) is 0 Å². The number of hydrogen-bond acceptors (Lipinski definition) is 10. The van der Waals surface area contributed by atoms with Crippen molar-refractivity contribution in [2.45, 2.75) is 107 Å². The summed E-state index contributed by atoms with van der Waals surface area (Å²) in [4.78, 5) is 68.0. The number of carboxylic acids is 1. The minimum atomic E-state index is -0.906. The topological polar surface area (TPSA) is 179 Å². The zero-order valence-corrected chi connectivity index (χ0v) is 47.5. The van der Waals surface area contributed by atoms with Crippen molar-refractivity contribution in [2.75, 3.05) is 59.5 Å². The summed E-state index contributed by atoms with van der Waals surface area (Å²) in [5, 5.41) is 10.2. The number of likely N-dealkylation sites (tertiary alicyclic amines) is 6. The van der Waals surface area contributed by atoms with Crippen LogP contribution in [0, 0.1) is 11.8 Å². The number of nitrogens with zero attached hydrogens (tertiary/aromatic N) is 6. The van der Waals surface area contributed by atoms with E-state index in [4.69, 9.17) is 4.74 Å². The molecule has 434 valence electrons. The summed E-state index contributed by atoms with van der Waals surface area (Å²) >= 11 is 0. The SMILES string of the molecule is C.COC(=O)[C@@H]1C[C@H](N2CCC[C@H]3CN(Cc4ccccc4)C[C@H]32)CN1C(=O)C(c1ccccc1)c1ccccc1.O.O=C(O)[C@@H]1C[C@H](N2CCC[C@H]3CN(Cc4ccccc4)C[C@H]32)CN1C(=O)C(c1ccccc1)c1ccccc1.[Li+].[OH-]. The summed E-state index contributed by atoms with van der Waals surface area (Å²) in [5.41, 5.74) is 6.36. The maximum Gasteiger partial charge on any atom is 1.00 e. The van der Waals surface area contributed by atoms with Gasteiger partial charge in [0.15, 0.2) is 0 Å². The average molecular weight is 1120 g/mol. The summed E-state index contributed by atoms with van der Waals surface area (Å²) in [6.07, 6.45) is 5.85. The van der Waals surface area contributed by atoms with E-state index >= 15 is 0 Å². The van der Waals surface area contributed by atoms with Crippen molar-refractivity contribution >= 4 is 23.8 Å². The number of hydrogen-bond donors (Lipinski definition) is 1. The molecule has 4 N–H and O–H groups in total. The van der Waals surface area contributed by atoms with Crippen molar-refractivity contribution < 1.29 is 58.8 Å². The van der Waals surface area contributed by atoms with Gasteiger partial charge in [-0.1, -0.05) is 189 Å². The van der Waals surface area contributed by atoms with Gasteiger partial charge < -0.3 is 30.6 Å². The van der Waals surface area contributed by atoms with E-state index in [1.54, 1.807) is 4.90 Å². The summed E-state index contributed by atoms with van der Waals surface area (Å²) < 4.78 is 5.25. The minimum Gasteiger partial charge on any atom is -0.870 e. The van der Waals surface area contributed by atoms with Gasteiger partial charge in [-0.2, -0.15) is 0 Å². The van der Waals surface area contributed by atoms with Crippen molar-refractivity contribution in [2.24, 2.45) is 11.8 Å². The minimum absolute atomic E-state index is 0. The largest absolute Gasteiger partial charge is 1.00 e. The predicted octanol–water partition coefficient (Wildman–Crippen LogP) is 5.67. The van der Waals surface area contributed by atoms with Crippen LogP contribution in [0.1, 0.15) is 91.2 Å². The van der Waals surface area contributed by atoms with Gasteiger partial charge in [0.05, 0.1) is 18.9 Å². The van der Waals surface area contributed by atoms with Crippen LogP contribution in [0.5, 0.6) is 0 Å². The molecular formula is C68H83LiN6O8. The molecule has 0 spiro atoms. The summed E-state index contributed by atoms with van der Waals surface area (Å²) in [6, 6.07) is 60.4. The van der Waals surface area contributed by atoms with Crippen molar-refractivity contribution in [3.63, 3.8) is 0 Å². The fourth-order valence-electron chi connectivity index (χ4n) is 14.5. The number of methoxy groups -OCH3 is 1. The Morgan fingerprint density at radius 2 is 0.819 bits per heavy atom. The van der Waals surface area contributed by atoms with E-state index < -0.39 is 29.9 Å². The second-order valence-electron chi connectivity index (χ2n) is 22.9. The number of fused-ring (bicyclic) bond motifs is 2. The van der Waals surface area contributed by atoms with Crippen molar-refractivity contribution in [3.8, 4) is 0 Å². The Hall–Kier alpha value is -6.44. The zero-order valence-electron chi connectivity index (χ0n) is 47.5. The van der Waals surface area contributed by atoms with E-state index in [2.05, 4.69) is 80.3 Å². The number of aliphatic carboxylic acids is 1. The van der Waals surface area contributed by atoms with Crippen molar-refractivity contribution in [1.82, 2.24) is 29.4 Å². The molecule has 0 bridgehead atoms. The summed E-state index contributed by atoms with van der Waals surface area (Å²) in [6.45, 7) is 9.14. The molecule has 12 rings (SSSR count). The number of esters is 1. The first-order valence-corrected chi connectivity index (χ1v) is 28.9. The van der Waals surface area contributed by atoms with Gasteiger partial charge in [-0.3, -0.25) is 29.2 Å². The van der Waals surface area contributed by atoms with Gasteiger partial charge in [-0.25, -0.2) is 9.59 Å². The molecule has 6 aromatic carbocycles. The van der Waals surface area contributed by atoms with Crippen LogP contribution in [-0.4, -0.2) is 165 Å². The van der Waals surface area contributed by atoms with E-state index in [-0.39, 0.29) is 67.1 Å². The molecule has 6 saturated heterocycles. The second-order valence-corrected chi connectivity index (χ2v) is 22.9. The molecular weight excluding hydrogens is 1040 g/mol. The first-order valence-electron chi connectivity index (χ1n) is 28.9. The number of carbonyl (C=O) groups is 4. The number of rotatable bonds is 14. The molecule has 6 heterocycles. The summed E-state index contributed by atoms with van der Waals surface area (Å²) in [7, 11) is 1.43. The number of ether oxygens (including phenoxy) is 1. The Labute approximate surface area is 503 Å². The van der Waals surface area contributed by atoms with Crippen LogP contribution in [0.4, 0.5) is 0 Å². The zero-order chi connectivity index (χ0) is 54.2. The quantitative estimate of drug-likeness (QED) is 0.105. The Morgan fingerprint density at radius 3 is 1.16 bits per heavy atom. The smallest absolute Gasteiger partial charge is 0.870 e. The monoisotopic (exact) mass is 1120 g/mol. The molecule has 0 aliphatic carbocycles. The standard InChI is InChI=1S/C34H39N3O3.C33H37N3O3.CH4.Li.2H2O/c1-40-34(39)30-20-29(36-19-11-18-28-22-35(24-31(28)36)21-25-12-5-2-6-13-25)23-37(30)33(38)32(26-14-7-3-8-15-26)27-16-9-4-10-17-27;37-32(31(25-13-6-2-7-14-25)26-15-8-3-9-16-26)36-22-28(19-29(36)33(38)39)35-18-10-17-27-21-34(23-30(27)35)20-24-11-4-1-5-12-24;;;;/h2-10,12-17,28-32H,11,18-24H2,1H3;1-9,11-16,27-31H,10,17-23H2,(H,38,39);1H4;;2*1H2/q;;;+1;;/p-1/t28-,29-,30-,31+;27-,28-,29-,30+;;;;/m00..../s1. The molecule has 0 saturated carbocycles. The van der Waals surface area contributed by atoms with Gasteiger partial charge in [-0.05, 0) is 96.8 Å². The fraction of sp³-hybridized carbons (Fsp3) is 0.412. The maximum atomic E-state index is 14.4. The van der Waals surface area contributed by atoms with Gasteiger partial charge in [0.1, 0.15) is 12.1 Å². The molecule has 0 unspecified atom stereocenters. The Morgan fingerprint density at radius 1 is 0.494 bits per heavy atom. The number of carbonyl (C=O) groups excluding carboxylic acids is 3. The van der Waals surface area contributed by atoms with Crippen LogP contribution < -0.4 is 18.9 Å². The average Bonchev–Trinajstić information content (AvgIpc) is 3.37. The number of piperidine rings is 2. The van der Waals surface area contributed by atoms with E-state index in [9.17, 15) is 24.3 Å². The second kappa shape index (κ2) is 29.9. The Bertz CT molecular complexity index is 2890. The van der Waals surface area contributed by atoms with Crippen LogP contribution in [0.2, 0.25) is 0 Å². The van der Waals surface area contributed by atoms with Crippen molar-refractivity contribution in [3.05, 3.63) is 215 Å². The molecule has 6 aromatic rings. The third kappa shape index (κ3) is 14.6. The molecule has 8 atom stereocenters. The molecule has 6 aliphatic heterocycles. The van der Waals surface area contributed by atoms with Crippen LogP contribution in [-0.2, 0) is 37.0 Å². The van der Waals surface area contributed by atoms with E-state index in [0.717, 1.165) is 87.5 Å². The molecule has 0 aromatic heterocycles.